The lowest BCUT2D eigenvalue weighted by atomic mass is 10.3. The van der Waals surface area contributed by atoms with Gasteiger partial charge in [0.05, 0.1) is 5.69 Å². The van der Waals surface area contributed by atoms with Crippen molar-refractivity contribution in [2.45, 2.75) is 6.42 Å². The van der Waals surface area contributed by atoms with Crippen molar-refractivity contribution in [3.8, 4) is 0 Å². The Morgan fingerprint density at radius 3 is 2.19 bits per heavy atom. The zero-order valence-electron chi connectivity index (χ0n) is 9.36. The first kappa shape index (κ1) is 14.5. The van der Waals surface area contributed by atoms with Crippen molar-refractivity contribution >= 4 is 53.5 Å². The summed E-state index contributed by atoms with van der Waals surface area (Å²) in [7, 11) is 4.18. The Bertz CT molecular complexity index is 330. The molecule has 0 fully saturated rings. The van der Waals surface area contributed by atoms with Crippen molar-refractivity contribution in [2.75, 3.05) is 32.5 Å². The van der Waals surface area contributed by atoms with Gasteiger partial charge in [-0.25, -0.2) is 0 Å². The summed E-state index contributed by atoms with van der Waals surface area (Å²) in [5, 5.41) is 3.42. The van der Waals surface area contributed by atoms with Gasteiger partial charge in [-0.05, 0) is 71.1 Å². The standard InChI is InChI=1S/C11H15Br3N2/c1-16(2)5-3-4-15-11-9(13)6-8(12)7-10(11)14/h6-7,15H,3-5H2,1-2H3. The van der Waals surface area contributed by atoms with Crippen LogP contribution in [0.2, 0.25) is 0 Å². The Morgan fingerprint density at radius 1 is 1.12 bits per heavy atom. The highest BCUT2D eigenvalue weighted by atomic mass is 79.9. The van der Waals surface area contributed by atoms with Gasteiger partial charge >= 0.3 is 0 Å². The van der Waals surface area contributed by atoms with Gasteiger partial charge in [-0.1, -0.05) is 15.9 Å². The number of hydrogen-bond donors (Lipinski definition) is 1. The molecule has 0 heterocycles. The second-order valence-corrected chi connectivity index (χ2v) is 6.45. The van der Waals surface area contributed by atoms with Crippen molar-refractivity contribution in [1.82, 2.24) is 4.90 Å². The Labute approximate surface area is 122 Å². The van der Waals surface area contributed by atoms with E-state index in [0.717, 1.165) is 38.6 Å². The van der Waals surface area contributed by atoms with Crippen LogP contribution < -0.4 is 5.32 Å². The minimum absolute atomic E-state index is 0.969. The maximum atomic E-state index is 3.55. The molecule has 16 heavy (non-hydrogen) atoms. The fourth-order valence-corrected chi connectivity index (χ4v) is 3.86. The molecule has 1 N–H and O–H groups in total. The molecule has 0 aliphatic rings. The quantitative estimate of drug-likeness (QED) is 0.721. The number of nitrogens with one attached hydrogen (secondary N) is 1. The average molecular weight is 415 g/mol. The van der Waals surface area contributed by atoms with Crippen LogP contribution in [0.4, 0.5) is 5.69 Å². The highest BCUT2D eigenvalue weighted by Gasteiger charge is 2.05. The average Bonchev–Trinajstić information content (AvgIpc) is 2.14. The number of benzene rings is 1. The van der Waals surface area contributed by atoms with Crippen molar-refractivity contribution in [2.24, 2.45) is 0 Å². The summed E-state index contributed by atoms with van der Waals surface area (Å²) in [6, 6.07) is 4.08. The number of anilines is 1. The molecule has 2 nitrogen and oxygen atoms in total. The number of halogens is 3. The van der Waals surface area contributed by atoms with Crippen LogP contribution in [-0.4, -0.2) is 32.1 Å². The Hall–Kier alpha value is 0.420. The van der Waals surface area contributed by atoms with Gasteiger partial charge in [-0.15, -0.1) is 0 Å². The lowest BCUT2D eigenvalue weighted by Crippen LogP contribution is -2.16. The third-order valence-electron chi connectivity index (χ3n) is 2.09. The van der Waals surface area contributed by atoms with E-state index in [-0.39, 0.29) is 0 Å². The van der Waals surface area contributed by atoms with Gasteiger partial charge in [0.25, 0.3) is 0 Å². The molecule has 0 bridgehead atoms. The molecule has 0 saturated heterocycles. The first-order valence-electron chi connectivity index (χ1n) is 5.04. The SMILES string of the molecule is CN(C)CCCNc1c(Br)cc(Br)cc1Br. The van der Waals surface area contributed by atoms with Gasteiger partial charge in [0, 0.05) is 20.0 Å². The molecule has 0 unspecified atom stereocenters. The summed E-state index contributed by atoms with van der Waals surface area (Å²) in [5.74, 6) is 0. The van der Waals surface area contributed by atoms with Crippen LogP contribution in [0.25, 0.3) is 0 Å². The van der Waals surface area contributed by atoms with E-state index in [4.69, 9.17) is 0 Å². The topological polar surface area (TPSA) is 15.3 Å². The molecule has 0 aliphatic heterocycles. The predicted octanol–water partition coefficient (Wildman–Crippen LogP) is 4.34. The van der Waals surface area contributed by atoms with Crippen LogP contribution in [0, 0.1) is 0 Å². The van der Waals surface area contributed by atoms with E-state index in [1.54, 1.807) is 0 Å². The molecule has 0 aromatic heterocycles. The fraction of sp³-hybridized carbons (Fsp3) is 0.455. The Kier molecular flexibility index (Phi) is 6.32. The normalized spacial score (nSPS) is 10.9. The van der Waals surface area contributed by atoms with Crippen LogP contribution in [0.15, 0.2) is 25.6 Å². The minimum Gasteiger partial charge on any atom is -0.383 e. The van der Waals surface area contributed by atoms with Crippen LogP contribution >= 0.6 is 47.8 Å². The molecule has 1 rings (SSSR count). The van der Waals surface area contributed by atoms with E-state index in [1.807, 2.05) is 12.1 Å². The zero-order valence-corrected chi connectivity index (χ0v) is 14.1. The van der Waals surface area contributed by atoms with Crippen LogP contribution in [0.1, 0.15) is 6.42 Å². The summed E-state index contributed by atoms with van der Waals surface area (Å²) < 4.78 is 3.20. The first-order valence-corrected chi connectivity index (χ1v) is 7.41. The molecule has 0 aliphatic carbocycles. The lowest BCUT2D eigenvalue weighted by molar-refractivity contribution is 0.405. The Morgan fingerprint density at radius 2 is 1.69 bits per heavy atom. The summed E-state index contributed by atoms with van der Waals surface area (Å²) >= 11 is 10.5. The van der Waals surface area contributed by atoms with Crippen LogP contribution in [0.5, 0.6) is 0 Å². The van der Waals surface area contributed by atoms with Gasteiger partial charge in [0.2, 0.25) is 0 Å². The zero-order chi connectivity index (χ0) is 12.1. The Balaban J connectivity index is 2.54. The molecule has 5 heteroatoms. The van der Waals surface area contributed by atoms with Crippen molar-refractivity contribution in [3.63, 3.8) is 0 Å². The van der Waals surface area contributed by atoms with E-state index < -0.39 is 0 Å². The molecule has 0 atom stereocenters. The smallest absolute Gasteiger partial charge is 0.0629 e. The third kappa shape index (κ3) is 4.73. The second-order valence-electron chi connectivity index (χ2n) is 3.83. The summed E-state index contributed by atoms with van der Waals surface area (Å²) in [6.07, 6.45) is 1.13. The van der Waals surface area contributed by atoms with Gasteiger partial charge in [-0.2, -0.15) is 0 Å². The van der Waals surface area contributed by atoms with Crippen LogP contribution in [-0.2, 0) is 0 Å². The molecular weight excluding hydrogens is 400 g/mol. The molecule has 0 saturated carbocycles. The maximum absolute atomic E-state index is 3.55. The van der Waals surface area contributed by atoms with Gasteiger partial charge in [0.15, 0.2) is 0 Å². The lowest BCUT2D eigenvalue weighted by Gasteiger charge is -2.13. The summed E-state index contributed by atoms with van der Waals surface area (Å²) in [6.45, 7) is 2.07. The highest BCUT2D eigenvalue weighted by Crippen LogP contribution is 2.34. The highest BCUT2D eigenvalue weighted by molar-refractivity contribution is 9.11. The number of hydrogen-bond acceptors (Lipinski definition) is 2. The molecule has 0 spiro atoms. The maximum Gasteiger partial charge on any atom is 0.0629 e. The second kappa shape index (κ2) is 6.99. The fourth-order valence-electron chi connectivity index (χ4n) is 1.32. The molecule has 0 amide bonds. The van der Waals surface area contributed by atoms with Crippen LogP contribution in [0.3, 0.4) is 0 Å². The molecule has 0 radical (unpaired) electrons. The van der Waals surface area contributed by atoms with E-state index in [0.29, 0.717) is 0 Å². The van der Waals surface area contributed by atoms with E-state index >= 15 is 0 Å². The predicted molar refractivity (Wildman–Crippen MR) is 81.2 cm³/mol. The van der Waals surface area contributed by atoms with Gasteiger partial charge in [0.1, 0.15) is 0 Å². The van der Waals surface area contributed by atoms with E-state index in [2.05, 4.69) is 72.1 Å². The number of nitrogens with zero attached hydrogens (tertiary/aromatic N) is 1. The third-order valence-corrected chi connectivity index (χ3v) is 3.80. The number of rotatable bonds is 5. The first-order chi connectivity index (χ1) is 7.50. The van der Waals surface area contributed by atoms with Gasteiger partial charge in [-0.3, -0.25) is 0 Å². The molecule has 1 aromatic rings. The summed E-state index contributed by atoms with van der Waals surface area (Å²) in [4.78, 5) is 2.19. The molecule has 90 valence electrons. The van der Waals surface area contributed by atoms with E-state index in [9.17, 15) is 0 Å². The minimum atomic E-state index is 0.969. The largest absolute Gasteiger partial charge is 0.383 e. The van der Waals surface area contributed by atoms with Crippen molar-refractivity contribution in [1.29, 1.82) is 0 Å². The molecular formula is C11H15Br3N2. The summed E-state index contributed by atoms with van der Waals surface area (Å²) in [5.41, 5.74) is 1.11. The van der Waals surface area contributed by atoms with Crippen molar-refractivity contribution < 1.29 is 0 Å². The van der Waals surface area contributed by atoms with Gasteiger partial charge < -0.3 is 10.2 Å². The monoisotopic (exact) mass is 412 g/mol. The van der Waals surface area contributed by atoms with Crippen molar-refractivity contribution in [3.05, 3.63) is 25.6 Å². The molecule has 1 aromatic carbocycles. The van der Waals surface area contributed by atoms with E-state index in [1.165, 1.54) is 0 Å².